The number of anilines is 1. The van der Waals surface area contributed by atoms with Crippen molar-refractivity contribution in [2.24, 2.45) is 0 Å². The second kappa shape index (κ2) is 2.99. The molecule has 0 aliphatic rings. The van der Waals surface area contributed by atoms with E-state index in [4.69, 9.17) is 5.21 Å². The summed E-state index contributed by atoms with van der Waals surface area (Å²) in [5, 5.41) is 9.73. The van der Waals surface area contributed by atoms with Crippen LogP contribution in [0.5, 0.6) is 0 Å². The van der Waals surface area contributed by atoms with Crippen molar-refractivity contribution in [3.63, 3.8) is 0 Å². The van der Waals surface area contributed by atoms with Crippen LogP contribution in [0.3, 0.4) is 0 Å². The molecule has 2 N–H and O–H groups in total. The number of aromatic nitrogens is 2. The summed E-state index contributed by atoms with van der Waals surface area (Å²) in [6, 6.07) is 3.59. The van der Waals surface area contributed by atoms with Gasteiger partial charge in [-0.1, -0.05) is 0 Å². The van der Waals surface area contributed by atoms with Gasteiger partial charge in [0.2, 0.25) is 0 Å². The molecule has 2 rings (SSSR count). The summed E-state index contributed by atoms with van der Waals surface area (Å²) >= 11 is 0. The highest BCUT2D eigenvalue weighted by molar-refractivity contribution is 5.90. The molecule has 0 saturated heterocycles. The minimum atomic E-state index is 0.657. The Kier molecular flexibility index (Phi) is 1.83. The topological polar surface area (TPSA) is 58.0 Å². The lowest BCUT2D eigenvalue weighted by atomic mass is 10.2. The van der Waals surface area contributed by atoms with Crippen LogP contribution in [0.1, 0.15) is 5.69 Å². The fourth-order valence-electron chi connectivity index (χ4n) is 1.30. The standard InChI is InChI=1S/C9H9N3O/c1-6-4-8(12-13)7-2-3-10-5-9(7)11-6/h2-5,13H,1H3,(H,11,12). The maximum Gasteiger partial charge on any atom is 0.0909 e. The summed E-state index contributed by atoms with van der Waals surface area (Å²) in [4.78, 5) is 8.23. The third-order valence-corrected chi connectivity index (χ3v) is 1.86. The molecular formula is C9H9N3O. The third-order valence-electron chi connectivity index (χ3n) is 1.86. The maximum atomic E-state index is 8.86. The Morgan fingerprint density at radius 1 is 1.46 bits per heavy atom. The fraction of sp³-hybridized carbons (Fsp3) is 0.111. The number of rotatable bonds is 1. The first-order chi connectivity index (χ1) is 6.31. The van der Waals surface area contributed by atoms with Crippen LogP contribution in [0, 0.1) is 6.92 Å². The van der Waals surface area contributed by atoms with Crippen LogP contribution in [0.15, 0.2) is 24.5 Å². The number of pyridine rings is 2. The molecule has 4 heteroatoms. The van der Waals surface area contributed by atoms with Gasteiger partial charge in [0, 0.05) is 17.3 Å². The van der Waals surface area contributed by atoms with Crippen molar-refractivity contribution >= 4 is 16.6 Å². The highest BCUT2D eigenvalue weighted by atomic mass is 16.5. The lowest BCUT2D eigenvalue weighted by Gasteiger charge is -2.04. The quantitative estimate of drug-likeness (QED) is 0.648. The molecule has 0 bridgehead atoms. The number of hydrogen-bond acceptors (Lipinski definition) is 4. The molecule has 4 nitrogen and oxygen atoms in total. The highest BCUT2D eigenvalue weighted by Crippen LogP contribution is 2.20. The van der Waals surface area contributed by atoms with Crippen molar-refractivity contribution in [3.05, 3.63) is 30.2 Å². The first-order valence-corrected chi connectivity index (χ1v) is 3.93. The average molecular weight is 175 g/mol. The number of aryl methyl sites for hydroxylation is 1. The van der Waals surface area contributed by atoms with Gasteiger partial charge in [0.1, 0.15) is 0 Å². The van der Waals surface area contributed by atoms with Gasteiger partial charge in [0.05, 0.1) is 17.4 Å². The van der Waals surface area contributed by atoms with Crippen molar-refractivity contribution in [3.8, 4) is 0 Å². The van der Waals surface area contributed by atoms with Gasteiger partial charge >= 0.3 is 0 Å². The summed E-state index contributed by atoms with van der Waals surface area (Å²) in [6.07, 6.45) is 3.34. The SMILES string of the molecule is Cc1cc(NO)c2ccncc2n1. The number of fused-ring (bicyclic) bond motifs is 1. The third kappa shape index (κ3) is 1.31. The molecule has 2 heterocycles. The number of nitrogens with zero attached hydrogens (tertiary/aromatic N) is 2. The Balaban J connectivity index is 2.81. The molecule has 0 aliphatic carbocycles. The van der Waals surface area contributed by atoms with Crippen LogP contribution in [-0.2, 0) is 0 Å². The molecule has 0 fully saturated rings. The first kappa shape index (κ1) is 7.94. The van der Waals surface area contributed by atoms with Crippen molar-refractivity contribution in [2.75, 3.05) is 5.48 Å². The summed E-state index contributed by atoms with van der Waals surface area (Å²) in [5.74, 6) is 0. The molecule has 0 aliphatic heterocycles. The lowest BCUT2D eigenvalue weighted by Crippen LogP contribution is -1.94. The summed E-state index contributed by atoms with van der Waals surface area (Å²) in [6.45, 7) is 1.87. The molecule has 0 radical (unpaired) electrons. The van der Waals surface area contributed by atoms with Crippen molar-refractivity contribution in [1.29, 1.82) is 0 Å². The van der Waals surface area contributed by atoms with Crippen LogP contribution < -0.4 is 5.48 Å². The Labute approximate surface area is 75.2 Å². The van der Waals surface area contributed by atoms with Crippen LogP contribution in [-0.4, -0.2) is 15.2 Å². The van der Waals surface area contributed by atoms with Gasteiger partial charge in [0.15, 0.2) is 0 Å². The fourth-order valence-corrected chi connectivity index (χ4v) is 1.30. The molecule has 66 valence electrons. The van der Waals surface area contributed by atoms with E-state index >= 15 is 0 Å². The van der Waals surface area contributed by atoms with Crippen LogP contribution in [0.2, 0.25) is 0 Å². The van der Waals surface area contributed by atoms with Crippen LogP contribution in [0.4, 0.5) is 5.69 Å². The molecule has 2 aromatic rings. The van der Waals surface area contributed by atoms with Gasteiger partial charge in [-0.25, -0.2) is 0 Å². The Morgan fingerprint density at radius 3 is 3.08 bits per heavy atom. The maximum absolute atomic E-state index is 8.86. The lowest BCUT2D eigenvalue weighted by molar-refractivity contribution is 0.389. The minimum absolute atomic E-state index is 0.657. The summed E-state index contributed by atoms with van der Waals surface area (Å²) < 4.78 is 0. The van der Waals surface area contributed by atoms with Gasteiger partial charge in [-0.05, 0) is 19.1 Å². The predicted molar refractivity (Wildman–Crippen MR) is 49.7 cm³/mol. The second-order valence-electron chi connectivity index (χ2n) is 2.82. The number of nitrogens with one attached hydrogen (secondary N) is 1. The van der Waals surface area contributed by atoms with E-state index in [9.17, 15) is 0 Å². The van der Waals surface area contributed by atoms with E-state index in [-0.39, 0.29) is 0 Å². The van der Waals surface area contributed by atoms with Gasteiger partial charge in [0.25, 0.3) is 0 Å². The molecule has 0 unspecified atom stereocenters. The molecule has 0 aromatic carbocycles. The molecule has 0 atom stereocenters. The second-order valence-corrected chi connectivity index (χ2v) is 2.82. The zero-order valence-corrected chi connectivity index (χ0v) is 7.15. The van der Waals surface area contributed by atoms with E-state index in [0.29, 0.717) is 5.69 Å². The van der Waals surface area contributed by atoms with E-state index in [0.717, 1.165) is 16.6 Å². The Morgan fingerprint density at radius 2 is 2.31 bits per heavy atom. The monoisotopic (exact) mass is 175 g/mol. The highest BCUT2D eigenvalue weighted by Gasteiger charge is 2.01. The van der Waals surface area contributed by atoms with Gasteiger partial charge in [-0.2, -0.15) is 0 Å². The van der Waals surface area contributed by atoms with E-state index in [1.54, 1.807) is 24.5 Å². The Bertz CT molecular complexity index is 442. The minimum Gasteiger partial charge on any atom is -0.291 e. The van der Waals surface area contributed by atoms with Crippen LogP contribution in [0.25, 0.3) is 10.9 Å². The molecule has 13 heavy (non-hydrogen) atoms. The van der Waals surface area contributed by atoms with Crippen molar-refractivity contribution in [2.45, 2.75) is 6.92 Å². The molecule has 2 aromatic heterocycles. The van der Waals surface area contributed by atoms with E-state index in [2.05, 4.69) is 15.4 Å². The molecule has 0 amide bonds. The normalized spacial score (nSPS) is 10.3. The Hall–Kier alpha value is -1.68. The number of hydrogen-bond donors (Lipinski definition) is 2. The zero-order chi connectivity index (χ0) is 9.26. The van der Waals surface area contributed by atoms with E-state index < -0.39 is 0 Å². The molecular weight excluding hydrogens is 166 g/mol. The zero-order valence-electron chi connectivity index (χ0n) is 7.15. The van der Waals surface area contributed by atoms with Crippen molar-refractivity contribution < 1.29 is 5.21 Å². The van der Waals surface area contributed by atoms with Crippen LogP contribution >= 0.6 is 0 Å². The van der Waals surface area contributed by atoms with E-state index in [1.165, 1.54) is 0 Å². The first-order valence-electron chi connectivity index (χ1n) is 3.93. The predicted octanol–water partition coefficient (Wildman–Crippen LogP) is 1.74. The average Bonchev–Trinajstić information content (AvgIpc) is 2.16. The van der Waals surface area contributed by atoms with E-state index in [1.807, 2.05) is 6.92 Å². The van der Waals surface area contributed by atoms with Gasteiger partial charge in [-0.15, -0.1) is 0 Å². The van der Waals surface area contributed by atoms with Gasteiger partial charge < -0.3 is 0 Å². The van der Waals surface area contributed by atoms with Gasteiger partial charge in [-0.3, -0.25) is 20.7 Å². The van der Waals surface area contributed by atoms with Crippen molar-refractivity contribution in [1.82, 2.24) is 9.97 Å². The molecule has 0 spiro atoms. The summed E-state index contributed by atoms with van der Waals surface area (Å²) in [5.41, 5.74) is 4.42. The summed E-state index contributed by atoms with van der Waals surface area (Å²) in [7, 11) is 0. The smallest absolute Gasteiger partial charge is 0.0909 e. The molecule has 0 saturated carbocycles. The largest absolute Gasteiger partial charge is 0.291 e.